The van der Waals surface area contributed by atoms with E-state index in [2.05, 4.69) is 5.32 Å². The molecule has 2 aromatic rings. The molecule has 1 saturated carbocycles. The van der Waals surface area contributed by atoms with Crippen molar-refractivity contribution in [3.63, 3.8) is 0 Å². The summed E-state index contributed by atoms with van der Waals surface area (Å²) in [7, 11) is 0. The van der Waals surface area contributed by atoms with Gasteiger partial charge in [0.15, 0.2) is 0 Å². The first-order valence-corrected chi connectivity index (χ1v) is 10.6. The fourth-order valence-corrected chi connectivity index (χ4v) is 4.43. The van der Waals surface area contributed by atoms with Crippen LogP contribution < -0.4 is 5.32 Å². The molecule has 1 aliphatic carbocycles. The zero-order valence-electron chi connectivity index (χ0n) is 17.4. The lowest BCUT2D eigenvalue weighted by Gasteiger charge is -2.34. The summed E-state index contributed by atoms with van der Waals surface area (Å²) >= 11 is 0. The van der Waals surface area contributed by atoms with Gasteiger partial charge in [0.1, 0.15) is 6.54 Å². The Labute approximate surface area is 181 Å². The van der Waals surface area contributed by atoms with Gasteiger partial charge in [0.2, 0.25) is 5.91 Å². The van der Waals surface area contributed by atoms with Crippen molar-refractivity contribution in [1.29, 1.82) is 0 Å². The van der Waals surface area contributed by atoms with Crippen LogP contribution in [0.1, 0.15) is 32.6 Å². The second-order valence-corrected chi connectivity index (χ2v) is 8.14. The van der Waals surface area contributed by atoms with Gasteiger partial charge in [-0.3, -0.25) is 19.3 Å². The highest BCUT2D eigenvalue weighted by atomic mass is 16.2. The average molecular weight is 419 g/mol. The predicted molar refractivity (Wildman–Crippen MR) is 116 cm³/mol. The number of nitrogens with zero attached hydrogens (tertiary/aromatic N) is 2. The topological polar surface area (TPSA) is 86.8 Å². The first-order valence-electron chi connectivity index (χ1n) is 10.6. The highest BCUT2D eigenvalue weighted by molar-refractivity contribution is 6.45. The van der Waals surface area contributed by atoms with E-state index in [9.17, 15) is 19.2 Å². The molecule has 1 N–H and O–H groups in total. The van der Waals surface area contributed by atoms with Crippen molar-refractivity contribution >= 4 is 29.4 Å². The lowest BCUT2D eigenvalue weighted by molar-refractivity contribution is -0.145. The number of anilines is 1. The molecule has 2 fully saturated rings. The van der Waals surface area contributed by atoms with Gasteiger partial charge >= 0.3 is 17.8 Å². The molecule has 160 valence electrons. The Morgan fingerprint density at radius 3 is 2.35 bits per heavy atom. The molecule has 0 aromatic heterocycles. The van der Waals surface area contributed by atoms with Gasteiger partial charge in [0, 0.05) is 17.3 Å². The van der Waals surface area contributed by atoms with Crippen molar-refractivity contribution in [2.24, 2.45) is 5.92 Å². The Morgan fingerprint density at radius 2 is 1.61 bits per heavy atom. The third kappa shape index (κ3) is 4.08. The number of hydrogen-bond acceptors (Lipinski definition) is 4. The van der Waals surface area contributed by atoms with E-state index in [1.54, 1.807) is 12.1 Å². The molecule has 0 bridgehead atoms. The summed E-state index contributed by atoms with van der Waals surface area (Å²) in [6.07, 6.45) is 3.56. The molecule has 31 heavy (non-hydrogen) atoms. The number of hydrogen-bond donors (Lipinski definition) is 1. The summed E-state index contributed by atoms with van der Waals surface area (Å²) < 4.78 is 0. The van der Waals surface area contributed by atoms with E-state index >= 15 is 0 Å². The van der Waals surface area contributed by atoms with Crippen molar-refractivity contribution < 1.29 is 19.2 Å². The number of carbonyl (C=O) groups is 4. The van der Waals surface area contributed by atoms with Crippen LogP contribution in [-0.4, -0.2) is 46.1 Å². The number of carbonyl (C=O) groups excluding carboxylic acids is 4. The second kappa shape index (κ2) is 8.71. The number of para-hydroxylation sites is 1. The average Bonchev–Trinajstić information content (AvgIpc) is 2.98. The molecule has 7 nitrogen and oxygen atoms in total. The maximum Gasteiger partial charge on any atom is 0.334 e. The van der Waals surface area contributed by atoms with Gasteiger partial charge in [-0.05, 0) is 30.4 Å². The maximum absolute atomic E-state index is 12.9. The molecule has 2 atom stereocenters. The van der Waals surface area contributed by atoms with Crippen LogP contribution in [-0.2, 0) is 14.4 Å². The van der Waals surface area contributed by atoms with Crippen molar-refractivity contribution in [1.82, 2.24) is 9.80 Å². The normalized spacial score (nSPS) is 21.5. The van der Waals surface area contributed by atoms with Gasteiger partial charge in [-0.2, -0.15) is 0 Å². The summed E-state index contributed by atoms with van der Waals surface area (Å²) in [6, 6.07) is 15.9. The second-order valence-electron chi connectivity index (χ2n) is 8.14. The van der Waals surface area contributed by atoms with Crippen LogP contribution >= 0.6 is 0 Å². The Bertz CT molecular complexity index is 1020. The highest BCUT2D eigenvalue weighted by Gasteiger charge is 2.49. The summed E-state index contributed by atoms with van der Waals surface area (Å²) in [6.45, 7) is 1.49. The van der Waals surface area contributed by atoms with Crippen molar-refractivity contribution in [2.75, 3.05) is 11.9 Å². The minimum atomic E-state index is -0.936. The van der Waals surface area contributed by atoms with Crippen LogP contribution in [0.5, 0.6) is 0 Å². The van der Waals surface area contributed by atoms with Gasteiger partial charge in [-0.15, -0.1) is 0 Å². The molecule has 4 rings (SSSR count). The molecule has 7 heteroatoms. The summed E-state index contributed by atoms with van der Waals surface area (Å²) in [4.78, 5) is 52.4. The molecule has 1 saturated heterocycles. The zero-order valence-corrected chi connectivity index (χ0v) is 17.4. The summed E-state index contributed by atoms with van der Waals surface area (Å²) in [5.74, 6) is -2.16. The van der Waals surface area contributed by atoms with Crippen molar-refractivity contribution in [3.05, 3.63) is 54.6 Å². The molecular formula is C24H25N3O4. The first kappa shape index (κ1) is 20.8. The van der Waals surface area contributed by atoms with Crippen LogP contribution in [0.15, 0.2) is 54.6 Å². The van der Waals surface area contributed by atoms with E-state index in [0.29, 0.717) is 12.1 Å². The Morgan fingerprint density at radius 1 is 0.935 bits per heavy atom. The quantitative estimate of drug-likeness (QED) is 0.592. The third-order valence-corrected chi connectivity index (χ3v) is 6.07. The van der Waals surface area contributed by atoms with E-state index in [0.717, 1.165) is 40.2 Å². The number of amides is 5. The molecule has 2 aliphatic rings. The van der Waals surface area contributed by atoms with E-state index in [1.165, 1.54) is 0 Å². The molecule has 0 unspecified atom stereocenters. The molecule has 0 radical (unpaired) electrons. The van der Waals surface area contributed by atoms with Crippen LogP contribution in [0.4, 0.5) is 10.5 Å². The molecular weight excluding hydrogens is 394 g/mol. The van der Waals surface area contributed by atoms with Crippen LogP contribution in [0, 0.1) is 5.92 Å². The molecule has 0 spiro atoms. The van der Waals surface area contributed by atoms with E-state index in [-0.39, 0.29) is 12.0 Å². The van der Waals surface area contributed by atoms with Crippen molar-refractivity contribution in [2.45, 2.75) is 38.6 Å². The van der Waals surface area contributed by atoms with E-state index < -0.39 is 30.3 Å². The molecule has 5 amide bonds. The molecule has 1 heterocycles. The van der Waals surface area contributed by atoms with E-state index in [4.69, 9.17) is 0 Å². The van der Waals surface area contributed by atoms with Crippen LogP contribution in [0.25, 0.3) is 11.1 Å². The van der Waals surface area contributed by atoms with Gasteiger partial charge in [0.25, 0.3) is 0 Å². The Kier molecular flexibility index (Phi) is 5.84. The van der Waals surface area contributed by atoms with Crippen LogP contribution in [0.3, 0.4) is 0 Å². The molecule has 2 aromatic carbocycles. The molecule has 1 aliphatic heterocycles. The number of nitrogens with one attached hydrogen (secondary N) is 1. The maximum atomic E-state index is 12.9. The fourth-order valence-electron chi connectivity index (χ4n) is 4.43. The van der Waals surface area contributed by atoms with Crippen LogP contribution in [0.2, 0.25) is 0 Å². The monoisotopic (exact) mass is 419 g/mol. The summed E-state index contributed by atoms with van der Waals surface area (Å²) in [5.41, 5.74) is 2.32. The largest absolute Gasteiger partial charge is 0.334 e. The standard InChI is InChI=1S/C24H25N3O4/c1-16-9-5-8-14-20(16)27-23(30)22(29)26(24(27)31)15-21(28)25-19-13-7-6-12-18(19)17-10-3-2-4-11-17/h2-4,6-7,10-13,16,20H,5,8-9,14-15H2,1H3,(H,25,28)/t16-,20+/m1/s1. The Balaban J connectivity index is 1.49. The number of rotatable bonds is 5. The highest BCUT2D eigenvalue weighted by Crippen LogP contribution is 2.31. The fraction of sp³-hybridized carbons (Fsp3) is 0.333. The first-order chi connectivity index (χ1) is 15.0. The summed E-state index contributed by atoms with van der Waals surface area (Å²) in [5, 5.41) is 2.78. The zero-order chi connectivity index (χ0) is 22.0. The lowest BCUT2D eigenvalue weighted by atomic mass is 9.85. The van der Waals surface area contributed by atoms with E-state index in [1.807, 2.05) is 49.4 Å². The SMILES string of the molecule is C[C@@H]1CCCC[C@@H]1N1C(=O)C(=O)N(CC(=O)Nc2ccccc2-c2ccccc2)C1=O. The van der Waals surface area contributed by atoms with Gasteiger partial charge < -0.3 is 5.32 Å². The third-order valence-electron chi connectivity index (χ3n) is 6.07. The lowest BCUT2D eigenvalue weighted by Crippen LogP contribution is -2.46. The van der Waals surface area contributed by atoms with Gasteiger partial charge in [-0.1, -0.05) is 68.3 Å². The Hall–Kier alpha value is -3.48. The number of imide groups is 2. The minimum Gasteiger partial charge on any atom is -0.324 e. The smallest absolute Gasteiger partial charge is 0.324 e. The van der Waals surface area contributed by atoms with Gasteiger partial charge in [-0.25, -0.2) is 9.69 Å². The van der Waals surface area contributed by atoms with Crippen molar-refractivity contribution in [3.8, 4) is 11.1 Å². The predicted octanol–water partition coefficient (Wildman–Crippen LogP) is 3.66. The van der Waals surface area contributed by atoms with Gasteiger partial charge in [0.05, 0.1) is 0 Å². The number of urea groups is 1. The number of benzene rings is 2. The minimum absolute atomic E-state index is 0.140.